The van der Waals surface area contributed by atoms with Crippen molar-refractivity contribution >= 4 is 5.78 Å². The SMILES string of the molecule is O=C(c1ccc(C(F)(F)F)c(F)c1)C(F)(F)C(F)F. The van der Waals surface area contributed by atoms with Gasteiger partial charge in [-0.25, -0.2) is 13.2 Å². The molecule has 0 radical (unpaired) electrons. The van der Waals surface area contributed by atoms with Gasteiger partial charge in [0.25, 0.3) is 0 Å². The van der Waals surface area contributed by atoms with Crippen molar-refractivity contribution in [2.45, 2.75) is 18.5 Å². The summed E-state index contributed by atoms with van der Waals surface area (Å²) >= 11 is 0. The molecule has 1 nitrogen and oxygen atoms in total. The first kappa shape index (κ1) is 15.4. The maximum atomic E-state index is 13.0. The molecular weight excluding hydrogens is 288 g/mol. The smallest absolute Gasteiger partial charge is 0.287 e. The molecule has 0 spiro atoms. The minimum Gasteiger partial charge on any atom is -0.287 e. The number of carbonyl (C=O) groups excluding carboxylic acids is 1. The molecular formula is C10H4F8O. The third-order valence-corrected chi connectivity index (χ3v) is 2.11. The first-order valence-corrected chi connectivity index (χ1v) is 4.55. The molecule has 106 valence electrons. The Morgan fingerprint density at radius 3 is 1.95 bits per heavy atom. The lowest BCUT2D eigenvalue weighted by Crippen LogP contribution is -2.36. The molecule has 0 unspecified atom stereocenters. The Morgan fingerprint density at radius 2 is 1.58 bits per heavy atom. The van der Waals surface area contributed by atoms with Gasteiger partial charge in [-0.1, -0.05) is 6.07 Å². The molecule has 0 heterocycles. The summed E-state index contributed by atoms with van der Waals surface area (Å²) in [7, 11) is 0. The van der Waals surface area contributed by atoms with E-state index >= 15 is 0 Å². The topological polar surface area (TPSA) is 17.1 Å². The second kappa shape index (κ2) is 4.78. The molecule has 0 bridgehead atoms. The van der Waals surface area contributed by atoms with Crippen molar-refractivity contribution in [3.8, 4) is 0 Å². The predicted octanol–water partition coefficient (Wildman–Crippen LogP) is 3.93. The van der Waals surface area contributed by atoms with Crippen molar-refractivity contribution in [2.24, 2.45) is 0 Å². The minimum absolute atomic E-state index is 0.0319. The van der Waals surface area contributed by atoms with Crippen LogP contribution in [0.25, 0.3) is 0 Å². The Morgan fingerprint density at radius 1 is 1.05 bits per heavy atom. The van der Waals surface area contributed by atoms with Gasteiger partial charge in [-0.05, 0) is 12.1 Å². The van der Waals surface area contributed by atoms with E-state index in [9.17, 15) is 39.9 Å². The zero-order valence-electron chi connectivity index (χ0n) is 8.74. The summed E-state index contributed by atoms with van der Waals surface area (Å²) in [5.41, 5.74) is -3.06. The lowest BCUT2D eigenvalue weighted by Gasteiger charge is -2.14. The number of rotatable bonds is 3. The second-order valence-corrected chi connectivity index (χ2v) is 3.45. The summed E-state index contributed by atoms with van der Waals surface area (Å²) in [6.07, 6.45) is -9.43. The van der Waals surface area contributed by atoms with Gasteiger partial charge in [0.05, 0.1) is 5.56 Å². The summed E-state index contributed by atoms with van der Waals surface area (Å²) in [6.45, 7) is 0. The van der Waals surface area contributed by atoms with E-state index in [-0.39, 0.29) is 18.2 Å². The van der Waals surface area contributed by atoms with E-state index in [1.807, 2.05) is 0 Å². The van der Waals surface area contributed by atoms with E-state index in [4.69, 9.17) is 0 Å². The average molecular weight is 292 g/mol. The van der Waals surface area contributed by atoms with Crippen LogP contribution in [0.4, 0.5) is 35.1 Å². The van der Waals surface area contributed by atoms with E-state index < -0.39 is 41.3 Å². The van der Waals surface area contributed by atoms with Crippen molar-refractivity contribution in [1.29, 1.82) is 0 Å². The van der Waals surface area contributed by atoms with E-state index in [2.05, 4.69) is 0 Å². The lowest BCUT2D eigenvalue weighted by molar-refractivity contribution is -0.140. The van der Waals surface area contributed by atoms with Crippen LogP contribution >= 0.6 is 0 Å². The minimum atomic E-state index is -5.09. The number of alkyl halides is 7. The van der Waals surface area contributed by atoms with Gasteiger partial charge in [0.1, 0.15) is 5.82 Å². The molecule has 1 aromatic rings. The zero-order valence-corrected chi connectivity index (χ0v) is 8.74. The van der Waals surface area contributed by atoms with Gasteiger partial charge in [0.2, 0.25) is 5.78 Å². The number of ketones is 1. The van der Waals surface area contributed by atoms with Crippen LogP contribution in [-0.2, 0) is 6.18 Å². The van der Waals surface area contributed by atoms with Gasteiger partial charge < -0.3 is 0 Å². The maximum absolute atomic E-state index is 13.0. The number of benzene rings is 1. The highest BCUT2D eigenvalue weighted by molar-refractivity contribution is 6.01. The summed E-state index contributed by atoms with van der Waals surface area (Å²) < 4.78 is 98.5. The van der Waals surface area contributed by atoms with Crippen molar-refractivity contribution in [3.63, 3.8) is 0 Å². The highest BCUT2D eigenvalue weighted by atomic mass is 19.4. The number of Topliss-reactive ketones (excluding diaryl/α,β-unsaturated/α-hetero) is 1. The number of halogens is 8. The normalized spacial score (nSPS) is 12.9. The summed E-state index contributed by atoms with van der Waals surface area (Å²) in [5, 5.41) is 0. The van der Waals surface area contributed by atoms with Crippen LogP contribution in [0.15, 0.2) is 18.2 Å². The molecule has 0 atom stereocenters. The Kier molecular flexibility index (Phi) is 3.87. The zero-order chi connectivity index (χ0) is 15.0. The van der Waals surface area contributed by atoms with Crippen LogP contribution in [0.5, 0.6) is 0 Å². The van der Waals surface area contributed by atoms with Crippen LogP contribution in [0.2, 0.25) is 0 Å². The van der Waals surface area contributed by atoms with E-state index in [1.54, 1.807) is 0 Å². The molecule has 0 aliphatic heterocycles. The molecule has 0 saturated heterocycles. The molecule has 19 heavy (non-hydrogen) atoms. The molecule has 0 aliphatic carbocycles. The Balaban J connectivity index is 3.19. The fraction of sp³-hybridized carbons (Fsp3) is 0.300. The van der Waals surface area contributed by atoms with Gasteiger partial charge in [0.15, 0.2) is 0 Å². The lowest BCUT2D eigenvalue weighted by atomic mass is 10.0. The molecule has 0 saturated carbocycles. The quantitative estimate of drug-likeness (QED) is 0.609. The molecule has 1 aromatic carbocycles. The molecule has 9 heteroatoms. The fourth-order valence-electron chi connectivity index (χ4n) is 1.18. The molecule has 0 aliphatic rings. The number of hydrogen-bond donors (Lipinski definition) is 0. The van der Waals surface area contributed by atoms with Crippen LogP contribution in [0, 0.1) is 5.82 Å². The Labute approximate surface area is 100 Å². The standard InChI is InChI=1S/C10H4F8O/c11-6-3-4(1-2-5(6)10(16,17)18)7(19)9(14,15)8(12)13/h1-3,8H. The summed E-state index contributed by atoms with van der Waals surface area (Å²) in [4.78, 5) is 10.9. The van der Waals surface area contributed by atoms with E-state index in [0.717, 1.165) is 0 Å². The van der Waals surface area contributed by atoms with Gasteiger partial charge in [-0.15, -0.1) is 0 Å². The van der Waals surface area contributed by atoms with E-state index in [1.165, 1.54) is 0 Å². The third-order valence-electron chi connectivity index (χ3n) is 2.11. The average Bonchev–Trinajstić information content (AvgIpc) is 2.25. The molecule has 0 N–H and O–H groups in total. The molecule has 0 aromatic heterocycles. The van der Waals surface area contributed by atoms with Crippen LogP contribution in [0.1, 0.15) is 15.9 Å². The van der Waals surface area contributed by atoms with Gasteiger partial charge >= 0.3 is 18.5 Å². The maximum Gasteiger partial charge on any atom is 0.419 e. The van der Waals surface area contributed by atoms with Crippen molar-refractivity contribution in [3.05, 3.63) is 35.1 Å². The fourth-order valence-corrected chi connectivity index (χ4v) is 1.18. The monoisotopic (exact) mass is 292 g/mol. The van der Waals surface area contributed by atoms with Gasteiger partial charge in [-0.2, -0.15) is 22.0 Å². The predicted molar refractivity (Wildman–Crippen MR) is 46.7 cm³/mol. The summed E-state index contributed by atoms with van der Waals surface area (Å²) in [6, 6.07) is 0.0933. The highest BCUT2D eigenvalue weighted by Gasteiger charge is 2.49. The summed E-state index contributed by atoms with van der Waals surface area (Å²) in [5.74, 6) is -9.54. The molecule has 1 rings (SSSR count). The number of carbonyl (C=O) groups is 1. The Hall–Kier alpha value is -1.67. The Bertz CT molecular complexity index is 491. The molecule has 0 fully saturated rings. The number of hydrogen-bond acceptors (Lipinski definition) is 1. The van der Waals surface area contributed by atoms with Gasteiger partial charge in [-0.3, -0.25) is 4.79 Å². The molecule has 0 amide bonds. The van der Waals surface area contributed by atoms with Crippen LogP contribution in [0.3, 0.4) is 0 Å². The first-order valence-electron chi connectivity index (χ1n) is 4.55. The largest absolute Gasteiger partial charge is 0.419 e. The van der Waals surface area contributed by atoms with Crippen molar-refractivity contribution in [2.75, 3.05) is 0 Å². The van der Waals surface area contributed by atoms with Crippen molar-refractivity contribution in [1.82, 2.24) is 0 Å². The van der Waals surface area contributed by atoms with E-state index in [0.29, 0.717) is 0 Å². The first-order chi connectivity index (χ1) is 8.48. The van der Waals surface area contributed by atoms with Crippen LogP contribution in [-0.4, -0.2) is 18.1 Å². The van der Waals surface area contributed by atoms with Gasteiger partial charge in [0, 0.05) is 5.56 Å². The second-order valence-electron chi connectivity index (χ2n) is 3.45. The van der Waals surface area contributed by atoms with Crippen molar-refractivity contribution < 1.29 is 39.9 Å². The van der Waals surface area contributed by atoms with Crippen LogP contribution < -0.4 is 0 Å². The third kappa shape index (κ3) is 3.02. The highest BCUT2D eigenvalue weighted by Crippen LogP contribution is 2.33.